The molecule has 2 unspecified atom stereocenters. The van der Waals surface area contributed by atoms with Gasteiger partial charge in [0, 0.05) is 17.2 Å². The summed E-state index contributed by atoms with van der Waals surface area (Å²) in [6.07, 6.45) is -1.58. The summed E-state index contributed by atoms with van der Waals surface area (Å²) < 4.78 is 32.4. The van der Waals surface area contributed by atoms with Gasteiger partial charge in [0.2, 0.25) is 0 Å². The molecular formula is C22H14F2N2O2. The van der Waals surface area contributed by atoms with Crippen molar-refractivity contribution in [1.29, 1.82) is 0 Å². The van der Waals surface area contributed by atoms with E-state index in [2.05, 4.69) is 22.1 Å². The van der Waals surface area contributed by atoms with Crippen LogP contribution >= 0.6 is 0 Å². The Morgan fingerprint density at radius 2 is 1.68 bits per heavy atom. The third-order valence-electron chi connectivity index (χ3n) is 4.22. The largest absolute Gasteiger partial charge is 0.439 e. The van der Waals surface area contributed by atoms with E-state index in [0.29, 0.717) is 11.4 Å². The van der Waals surface area contributed by atoms with Crippen molar-refractivity contribution in [3.63, 3.8) is 0 Å². The molecule has 1 aliphatic rings. The number of ether oxygens (including phenoxy) is 1. The molecule has 1 aliphatic heterocycles. The summed E-state index contributed by atoms with van der Waals surface area (Å²) >= 11 is 0. The second-order valence-electron chi connectivity index (χ2n) is 6.21. The normalized spacial score (nSPS) is 18.0. The molecule has 4 rings (SSSR count). The molecule has 6 heteroatoms. The average molecular weight is 376 g/mol. The molecule has 2 heterocycles. The molecule has 2 aromatic carbocycles. The minimum atomic E-state index is -0.900. The number of cyclic esters (lactones) is 1. The number of aromatic nitrogens is 1. The van der Waals surface area contributed by atoms with E-state index in [0.717, 1.165) is 23.8 Å². The lowest BCUT2D eigenvalue weighted by Gasteiger charge is -2.17. The monoisotopic (exact) mass is 376 g/mol. The second-order valence-corrected chi connectivity index (χ2v) is 6.21. The highest BCUT2D eigenvalue weighted by Crippen LogP contribution is 2.36. The highest BCUT2D eigenvalue weighted by atomic mass is 19.1. The number of amides is 1. The fourth-order valence-electron chi connectivity index (χ4n) is 3.00. The first-order valence-electron chi connectivity index (χ1n) is 8.56. The zero-order valence-electron chi connectivity index (χ0n) is 14.5. The van der Waals surface area contributed by atoms with Crippen molar-refractivity contribution in [1.82, 2.24) is 10.3 Å². The highest BCUT2D eigenvalue weighted by molar-refractivity contribution is 5.71. The first kappa shape index (κ1) is 17.7. The smallest absolute Gasteiger partial charge is 0.408 e. The lowest BCUT2D eigenvalue weighted by atomic mass is 9.99. The Bertz CT molecular complexity index is 1070. The lowest BCUT2D eigenvalue weighted by molar-refractivity contribution is 0.131. The van der Waals surface area contributed by atoms with E-state index in [1.165, 1.54) is 0 Å². The average Bonchev–Trinajstić information content (AvgIpc) is 3.09. The first-order chi connectivity index (χ1) is 13.6. The molecule has 0 bridgehead atoms. The van der Waals surface area contributed by atoms with Crippen LogP contribution in [0.15, 0.2) is 66.7 Å². The van der Waals surface area contributed by atoms with Crippen molar-refractivity contribution in [3.05, 3.63) is 101 Å². The van der Waals surface area contributed by atoms with Crippen LogP contribution in [-0.2, 0) is 4.74 Å². The number of benzene rings is 2. The minimum absolute atomic E-state index is 0.212. The van der Waals surface area contributed by atoms with Crippen LogP contribution in [0.1, 0.15) is 34.7 Å². The Kier molecular flexibility index (Phi) is 4.73. The molecule has 138 valence electrons. The number of alkyl carbamates (subject to hydrolysis) is 1. The summed E-state index contributed by atoms with van der Waals surface area (Å²) in [6.45, 7) is 0. The van der Waals surface area contributed by atoms with E-state index in [1.807, 2.05) is 30.3 Å². The lowest BCUT2D eigenvalue weighted by Crippen LogP contribution is -2.21. The molecule has 28 heavy (non-hydrogen) atoms. The molecule has 1 fully saturated rings. The van der Waals surface area contributed by atoms with Crippen LogP contribution in [0.25, 0.3) is 0 Å². The molecule has 2 atom stereocenters. The minimum Gasteiger partial charge on any atom is -0.439 e. The summed E-state index contributed by atoms with van der Waals surface area (Å²) in [5.41, 5.74) is 2.05. The van der Waals surface area contributed by atoms with Crippen molar-refractivity contribution in [2.45, 2.75) is 12.1 Å². The highest BCUT2D eigenvalue weighted by Gasteiger charge is 2.37. The Balaban J connectivity index is 1.66. The number of hydrogen-bond acceptors (Lipinski definition) is 3. The van der Waals surface area contributed by atoms with Gasteiger partial charge in [-0.1, -0.05) is 30.2 Å². The van der Waals surface area contributed by atoms with Crippen LogP contribution in [0.3, 0.4) is 0 Å². The van der Waals surface area contributed by atoms with Crippen LogP contribution < -0.4 is 5.32 Å². The molecule has 4 nitrogen and oxygen atoms in total. The van der Waals surface area contributed by atoms with E-state index >= 15 is 0 Å². The van der Waals surface area contributed by atoms with Crippen molar-refractivity contribution in [3.8, 4) is 11.8 Å². The van der Waals surface area contributed by atoms with Crippen LogP contribution in [0.5, 0.6) is 0 Å². The zero-order valence-corrected chi connectivity index (χ0v) is 14.5. The number of carbonyl (C=O) groups excluding carboxylic acids is 1. The summed E-state index contributed by atoms with van der Waals surface area (Å²) in [4.78, 5) is 16.3. The van der Waals surface area contributed by atoms with Gasteiger partial charge in [-0.25, -0.2) is 18.6 Å². The van der Waals surface area contributed by atoms with Gasteiger partial charge in [-0.2, -0.15) is 0 Å². The van der Waals surface area contributed by atoms with Gasteiger partial charge in [0.05, 0.1) is 5.69 Å². The van der Waals surface area contributed by atoms with Crippen LogP contribution in [0.2, 0.25) is 0 Å². The predicted molar refractivity (Wildman–Crippen MR) is 98.1 cm³/mol. The van der Waals surface area contributed by atoms with Gasteiger partial charge in [-0.05, 0) is 42.3 Å². The maximum Gasteiger partial charge on any atom is 0.408 e. The van der Waals surface area contributed by atoms with Gasteiger partial charge < -0.3 is 10.1 Å². The number of carbonyl (C=O) groups is 1. The van der Waals surface area contributed by atoms with Crippen LogP contribution in [0, 0.1) is 23.5 Å². The Morgan fingerprint density at radius 3 is 2.43 bits per heavy atom. The molecule has 0 spiro atoms. The SMILES string of the molecule is O=C1NC(c2cccc(C#Cc3ccccc3)n2)C(c2cc(F)cc(F)c2)O1. The molecular weight excluding hydrogens is 362 g/mol. The van der Waals surface area contributed by atoms with E-state index in [9.17, 15) is 13.6 Å². The van der Waals surface area contributed by atoms with Crippen LogP contribution in [0.4, 0.5) is 13.6 Å². The topological polar surface area (TPSA) is 51.2 Å². The standard InChI is InChI=1S/C22H14F2N2O2/c23-16-11-15(12-17(24)13-16)21-20(26-22(27)28-21)19-8-4-7-18(25-19)10-9-14-5-2-1-3-6-14/h1-8,11-13,20-21H,(H,26,27). The summed E-state index contributed by atoms with van der Waals surface area (Å²) in [5, 5.41) is 2.64. The third kappa shape index (κ3) is 3.84. The number of nitrogens with zero attached hydrogens (tertiary/aromatic N) is 1. The maximum atomic E-state index is 13.6. The Morgan fingerprint density at radius 1 is 0.929 bits per heavy atom. The Labute approximate surface area is 160 Å². The number of rotatable bonds is 2. The van der Waals surface area contributed by atoms with E-state index < -0.39 is 29.9 Å². The molecule has 1 amide bonds. The molecule has 0 saturated carbocycles. The first-order valence-corrected chi connectivity index (χ1v) is 8.56. The molecule has 1 N–H and O–H groups in total. The number of nitrogens with one attached hydrogen (secondary N) is 1. The fraction of sp³-hybridized carbons (Fsp3) is 0.0909. The predicted octanol–water partition coefficient (Wildman–Crippen LogP) is 4.28. The van der Waals surface area contributed by atoms with Gasteiger partial charge in [-0.15, -0.1) is 0 Å². The van der Waals surface area contributed by atoms with Gasteiger partial charge in [0.1, 0.15) is 23.4 Å². The number of pyridine rings is 1. The zero-order chi connectivity index (χ0) is 19.5. The Hall–Kier alpha value is -3.72. The summed E-state index contributed by atoms with van der Waals surface area (Å²) in [6, 6.07) is 17.0. The van der Waals surface area contributed by atoms with E-state index in [1.54, 1.807) is 18.2 Å². The van der Waals surface area contributed by atoms with Gasteiger partial charge >= 0.3 is 6.09 Å². The maximum absolute atomic E-state index is 13.6. The van der Waals surface area contributed by atoms with Gasteiger partial charge in [0.15, 0.2) is 6.10 Å². The van der Waals surface area contributed by atoms with Crippen molar-refractivity contribution in [2.24, 2.45) is 0 Å². The molecule has 1 aromatic heterocycles. The van der Waals surface area contributed by atoms with Crippen molar-refractivity contribution < 1.29 is 18.3 Å². The molecule has 1 saturated heterocycles. The fourth-order valence-corrected chi connectivity index (χ4v) is 3.00. The molecule has 3 aromatic rings. The quantitative estimate of drug-likeness (QED) is 0.679. The van der Waals surface area contributed by atoms with Gasteiger partial charge in [-0.3, -0.25) is 0 Å². The number of halogens is 2. The van der Waals surface area contributed by atoms with Crippen molar-refractivity contribution in [2.75, 3.05) is 0 Å². The van der Waals surface area contributed by atoms with Crippen molar-refractivity contribution >= 4 is 6.09 Å². The molecule has 0 aliphatic carbocycles. The number of hydrogen-bond donors (Lipinski definition) is 1. The summed E-state index contributed by atoms with van der Waals surface area (Å²) in [7, 11) is 0. The van der Waals surface area contributed by atoms with Gasteiger partial charge in [0.25, 0.3) is 0 Å². The summed E-state index contributed by atoms with van der Waals surface area (Å²) in [5.74, 6) is 4.50. The second kappa shape index (κ2) is 7.49. The van der Waals surface area contributed by atoms with E-state index in [-0.39, 0.29) is 5.56 Å². The van der Waals surface area contributed by atoms with Crippen LogP contribution in [-0.4, -0.2) is 11.1 Å². The molecule has 0 radical (unpaired) electrons. The van der Waals surface area contributed by atoms with E-state index in [4.69, 9.17) is 4.74 Å². The third-order valence-corrected chi connectivity index (χ3v) is 4.22.